The molecule has 1 saturated heterocycles. The highest BCUT2D eigenvalue weighted by atomic mass is 32.2. The maximum absolute atomic E-state index is 13.2. The highest BCUT2D eigenvalue weighted by Gasteiger charge is 2.33. The van der Waals surface area contributed by atoms with Crippen LogP contribution in [-0.2, 0) is 9.53 Å². The van der Waals surface area contributed by atoms with Gasteiger partial charge in [-0.3, -0.25) is 9.79 Å². The Labute approximate surface area is 208 Å². The van der Waals surface area contributed by atoms with Crippen molar-refractivity contribution < 1.29 is 34.3 Å². The molecule has 1 unspecified atom stereocenters. The lowest BCUT2D eigenvalue weighted by molar-refractivity contribution is -0.115. The lowest BCUT2D eigenvalue weighted by Gasteiger charge is -2.25. The molecule has 1 aliphatic rings. The molecule has 2 aromatic carbocycles. The van der Waals surface area contributed by atoms with Gasteiger partial charge in [0.15, 0.2) is 28.8 Å². The van der Waals surface area contributed by atoms with Crippen molar-refractivity contribution in [1.82, 2.24) is 0 Å². The fourth-order valence-corrected chi connectivity index (χ4v) is 4.81. The first kappa shape index (κ1) is 26.2. The van der Waals surface area contributed by atoms with E-state index in [1.165, 1.54) is 44.2 Å². The Morgan fingerprint density at radius 1 is 1.09 bits per heavy atom. The molecule has 0 bridgehead atoms. The minimum Gasteiger partial charge on any atom is -0.507 e. The van der Waals surface area contributed by atoms with Gasteiger partial charge in [0.2, 0.25) is 0 Å². The number of aliphatic hydroxyl groups excluding tert-OH is 1. The summed E-state index contributed by atoms with van der Waals surface area (Å²) in [4.78, 5) is 17.8. The number of benzene rings is 2. The van der Waals surface area contributed by atoms with E-state index in [1.807, 2.05) is 0 Å². The number of carbonyl (C=O) groups is 1. The lowest BCUT2D eigenvalue weighted by atomic mass is 10.00. The summed E-state index contributed by atoms with van der Waals surface area (Å²) in [5, 5.41) is 30.7. The number of aromatic hydroxyl groups is 2. The van der Waals surface area contributed by atoms with E-state index in [0.29, 0.717) is 41.7 Å². The van der Waals surface area contributed by atoms with Gasteiger partial charge in [-0.25, -0.2) is 0 Å². The molecule has 0 spiro atoms. The van der Waals surface area contributed by atoms with Gasteiger partial charge in [-0.05, 0) is 47.9 Å². The minimum absolute atomic E-state index is 0.00784. The minimum atomic E-state index is -0.250. The fraction of sp³-hybridized carbons (Fsp3) is 0.308. The fourth-order valence-electron chi connectivity index (χ4n) is 3.52. The van der Waals surface area contributed by atoms with Crippen molar-refractivity contribution in [1.29, 1.82) is 0 Å². The van der Waals surface area contributed by atoms with E-state index in [-0.39, 0.29) is 40.3 Å². The monoisotopic (exact) mass is 499 g/mol. The van der Waals surface area contributed by atoms with Crippen LogP contribution in [0.4, 0.5) is 0 Å². The van der Waals surface area contributed by atoms with Crippen molar-refractivity contribution in [2.45, 2.75) is 18.1 Å². The summed E-state index contributed by atoms with van der Waals surface area (Å²) in [7, 11) is 4.53. The second kappa shape index (κ2) is 12.3. The maximum Gasteiger partial charge on any atom is 0.170 e. The van der Waals surface area contributed by atoms with E-state index in [2.05, 4.69) is 4.99 Å². The van der Waals surface area contributed by atoms with Gasteiger partial charge in [0, 0.05) is 31.9 Å². The topological polar surface area (TPSA) is 118 Å². The zero-order valence-electron chi connectivity index (χ0n) is 19.9. The van der Waals surface area contributed by atoms with Gasteiger partial charge in [0.1, 0.15) is 10.8 Å². The second-order valence-electron chi connectivity index (χ2n) is 7.72. The first-order valence-corrected chi connectivity index (χ1v) is 11.8. The average Bonchev–Trinajstić information content (AvgIpc) is 2.86. The van der Waals surface area contributed by atoms with Crippen molar-refractivity contribution in [2.75, 3.05) is 34.5 Å². The van der Waals surface area contributed by atoms with Gasteiger partial charge in [0.25, 0.3) is 0 Å². The predicted octanol–water partition coefficient (Wildman–Crippen LogP) is 4.82. The number of hydrogen-bond donors (Lipinski definition) is 3. The number of thioether (sulfide) groups is 1. The molecule has 0 amide bonds. The molecule has 1 aliphatic heterocycles. The van der Waals surface area contributed by atoms with Crippen molar-refractivity contribution in [3.05, 3.63) is 64.9 Å². The smallest absolute Gasteiger partial charge is 0.170 e. The Morgan fingerprint density at radius 3 is 2.46 bits per heavy atom. The first-order valence-electron chi connectivity index (χ1n) is 11.0. The number of aliphatic imine (C=N–C) groups is 1. The van der Waals surface area contributed by atoms with Crippen LogP contribution < -0.4 is 9.47 Å². The van der Waals surface area contributed by atoms with Crippen LogP contribution >= 0.6 is 11.8 Å². The van der Waals surface area contributed by atoms with Crippen molar-refractivity contribution in [2.24, 2.45) is 4.99 Å². The molecule has 2 aromatic rings. The van der Waals surface area contributed by atoms with Gasteiger partial charge in [0.05, 0.1) is 19.8 Å². The Hall–Kier alpha value is -3.43. The number of phenolic OH excluding ortho intramolecular Hbond substituents is 2. The number of aliphatic hydroxyl groups is 1. The summed E-state index contributed by atoms with van der Waals surface area (Å²) in [6, 6.07) is 9.76. The van der Waals surface area contributed by atoms with E-state index in [0.717, 1.165) is 5.56 Å². The molecule has 0 aromatic heterocycles. The van der Waals surface area contributed by atoms with Crippen LogP contribution in [0.3, 0.4) is 0 Å². The number of hydrogen-bond acceptors (Lipinski definition) is 9. The summed E-state index contributed by atoms with van der Waals surface area (Å²) in [5.41, 5.74) is 1.65. The van der Waals surface area contributed by atoms with Gasteiger partial charge in [-0.1, -0.05) is 30.0 Å². The molecule has 1 fully saturated rings. The zero-order valence-corrected chi connectivity index (χ0v) is 20.7. The summed E-state index contributed by atoms with van der Waals surface area (Å²) in [6.45, 7) is 0.965. The molecule has 0 aliphatic carbocycles. The molecule has 9 heteroatoms. The molecule has 1 atom stereocenters. The van der Waals surface area contributed by atoms with E-state index < -0.39 is 0 Å². The largest absolute Gasteiger partial charge is 0.507 e. The Morgan fingerprint density at radius 2 is 1.77 bits per heavy atom. The SMILES string of the molecule is COCCCN=C1SC(c2ccc(O)c(OC)c2)CC(=O)/C1=C(O)/C=C/c1ccc(O)c(OC)c1. The second-order valence-corrected chi connectivity index (χ2v) is 8.91. The molecular weight excluding hydrogens is 470 g/mol. The first-order chi connectivity index (χ1) is 16.9. The molecule has 35 heavy (non-hydrogen) atoms. The van der Waals surface area contributed by atoms with Gasteiger partial charge in [-0.2, -0.15) is 0 Å². The Balaban J connectivity index is 1.93. The van der Waals surface area contributed by atoms with Crippen LogP contribution in [0.5, 0.6) is 23.0 Å². The maximum atomic E-state index is 13.2. The van der Waals surface area contributed by atoms with Gasteiger partial charge in [-0.15, -0.1) is 0 Å². The average molecular weight is 500 g/mol. The number of nitrogens with zero attached hydrogens (tertiary/aromatic N) is 1. The number of Topliss-reactive ketones (excluding diaryl/α,β-unsaturated/α-hetero) is 1. The quantitative estimate of drug-likeness (QED) is 0.255. The van der Waals surface area contributed by atoms with Crippen molar-refractivity contribution in [3.63, 3.8) is 0 Å². The van der Waals surface area contributed by atoms with E-state index >= 15 is 0 Å². The number of ether oxygens (including phenoxy) is 3. The number of carbonyl (C=O) groups excluding carboxylic acids is 1. The molecule has 1 heterocycles. The van der Waals surface area contributed by atoms with Gasteiger partial charge >= 0.3 is 0 Å². The highest BCUT2D eigenvalue weighted by Crippen LogP contribution is 2.43. The van der Waals surface area contributed by atoms with Crippen LogP contribution in [0, 0.1) is 0 Å². The summed E-state index contributed by atoms with van der Waals surface area (Å²) < 4.78 is 15.4. The molecule has 3 N–H and O–H groups in total. The third kappa shape index (κ3) is 6.58. The van der Waals surface area contributed by atoms with Crippen LogP contribution in [0.15, 0.2) is 58.8 Å². The standard InChI is InChI=1S/C26H29NO7S/c1-32-12-4-11-27-26-25(20(30)9-6-16-5-8-18(28)22(13-16)33-2)21(31)15-24(35-26)17-7-10-19(29)23(14-17)34-3/h5-10,13-14,24,28-30H,4,11-12,15H2,1-3H3/b9-6+,25-20+,27-26?. The summed E-state index contributed by atoms with van der Waals surface area (Å²) in [5.74, 6) is 0.222. The zero-order chi connectivity index (χ0) is 25.4. The Bertz CT molecular complexity index is 1160. The van der Waals surface area contributed by atoms with Crippen LogP contribution in [0.2, 0.25) is 0 Å². The molecular formula is C26H29NO7S. The summed E-state index contributed by atoms with van der Waals surface area (Å²) in [6.07, 6.45) is 3.88. The highest BCUT2D eigenvalue weighted by molar-refractivity contribution is 8.14. The number of ketones is 1. The van der Waals surface area contributed by atoms with Crippen LogP contribution in [0.25, 0.3) is 6.08 Å². The van der Waals surface area contributed by atoms with E-state index in [9.17, 15) is 20.1 Å². The molecule has 8 nitrogen and oxygen atoms in total. The number of phenols is 2. The number of allylic oxidation sites excluding steroid dienone is 1. The summed E-state index contributed by atoms with van der Waals surface area (Å²) >= 11 is 1.38. The third-order valence-electron chi connectivity index (χ3n) is 5.35. The van der Waals surface area contributed by atoms with Gasteiger partial charge < -0.3 is 29.5 Å². The van der Waals surface area contributed by atoms with E-state index in [4.69, 9.17) is 14.2 Å². The third-order valence-corrected chi connectivity index (χ3v) is 6.63. The molecule has 186 valence electrons. The number of methoxy groups -OCH3 is 3. The van der Waals surface area contributed by atoms with Crippen LogP contribution in [0.1, 0.15) is 29.2 Å². The predicted molar refractivity (Wildman–Crippen MR) is 137 cm³/mol. The Kier molecular flexibility index (Phi) is 9.22. The number of rotatable bonds is 9. The van der Waals surface area contributed by atoms with E-state index in [1.54, 1.807) is 37.5 Å². The van der Waals surface area contributed by atoms with Crippen molar-refractivity contribution in [3.8, 4) is 23.0 Å². The van der Waals surface area contributed by atoms with Crippen LogP contribution in [-0.4, -0.2) is 60.6 Å². The lowest BCUT2D eigenvalue weighted by Crippen LogP contribution is -2.22. The molecule has 0 saturated carbocycles. The molecule has 3 rings (SSSR count). The van der Waals surface area contributed by atoms with Crippen molar-refractivity contribution >= 4 is 28.7 Å². The molecule has 0 radical (unpaired) electrons. The normalized spacial score (nSPS) is 18.8.